The van der Waals surface area contributed by atoms with Crippen LogP contribution in [-0.2, 0) is 22.6 Å². The molecule has 1 saturated heterocycles. The van der Waals surface area contributed by atoms with Gasteiger partial charge in [0.2, 0.25) is 11.8 Å². The van der Waals surface area contributed by atoms with E-state index >= 15 is 0 Å². The van der Waals surface area contributed by atoms with Gasteiger partial charge in [0.05, 0.1) is 0 Å². The molecule has 1 heterocycles. The predicted octanol–water partition coefficient (Wildman–Crippen LogP) is 3.83. The minimum absolute atomic E-state index is 0.0928. The lowest BCUT2D eigenvalue weighted by molar-refractivity contribution is -0.137. The number of likely N-dealkylation sites (tertiary alicyclic amines) is 1. The van der Waals surface area contributed by atoms with Gasteiger partial charge in [0.1, 0.15) is 6.42 Å². The molecule has 0 atom stereocenters. The number of piperidine rings is 1. The number of carbonyl (C=O) groups excluding carboxylic acids is 2. The Balaban J connectivity index is 1.40. The van der Waals surface area contributed by atoms with Crippen molar-refractivity contribution < 1.29 is 9.59 Å². The third-order valence-corrected chi connectivity index (χ3v) is 5.45. The molecule has 0 aromatic heterocycles. The first-order valence-electron chi connectivity index (χ1n) is 9.43. The third kappa shape index (κ3) is 5.83. The molecule has 0 unspecified atom stereocenters. The molecule has 4 nitrogen and oxygen atoms in total. The summed E-state index contributed by atoms with van der Waals surface area (Å²) in [5.41, 5.74) is 2.20. The molecule has 0 spiro atoms. The van der Waals surface area contributed by atoms with E-state index in [9.17, 15) is 9.59 Å². The van der Waals surface area contributed by atoms with Crippen molar-refractivity contribution in [2.45, 2.75) is 32.2 Å². The molecule has 2 aromatic carbocycles. The molecule has 5 heteroatoms. The Morgan fingerprint density at radius 3 is 2.37 bits per heavy atom. The van der Waals surface area contributed by atoms with Crippen LogP contribution >= 0.6 is 11.6 Å². The quantitative estimate of drug-likeness (QED) is 0.769. The topological polar surface area (TPSA) is 49.4 Å². The van der Waals surface area contributed by atoms with Gasteiger partial charge in [-0.2, -0.15) is 0 Å². The van der Waals surface area contributed by atoms with Gasteiger partial charge in [-0.3, -0.25) is 9.59 Å². The van der Waals surface area contributed by atoms with Crippen LogP contribution in [0.15, 0.2) is 54.6 Å². The van der Waals surface area contributed by atoms with Gasteiger partial charge in [-0.05, 0) is 42.4 Å². The Morgan fingerprint density at radius 2 is 1.67 bits per heavy atom. The van der Waals surface area contributed by atoms with Gasteiger partial charge < -0.3 is 10.2 Å². The number of nitrogens with one attached hydrogen (secondary N) is 1. The maximum absolute atomic E-state index is 12.4. The van der Waals surface area contributed by atoms with Crippen LogP contribution in [0.5, 0.6) is 0 Å². The highest BCUT2D eigenvalue weighted by Crippen LogP contribution is 2.22. The van der Waals surface area contributed by atoms with E-state index in [4.69, 9.17) is 11.6 Å². The smallest absolute Gasteiger partial charge is 0.232 e. The van der Waals surface area contributed by atoms with Crippen LogP contribution in [0.25, 0.3) is 0 Å². The van der Waals surface area contributed by atoms with Crippen molar-refractivity contribution >= 4 is 23.4 Å². The number of nitrogens with zero attached hydrogens (tertiary/aromatic N) is 1. The van der Waals surface area contributed by atoms with Crippen LogP contribution in [0.2, 0.25) is 5.02 Å². The molecule has 1 fully saturated rings. The van der Waals surface area contributed by atoms with Gasteiger partial charge >= 0.3 is 0 Å². The molecule has 3 rings (SSSR count). The zero-order valence-electron chi connectivity index (χ0n) is 15.4. The number of hydrogen-bond acceptors (Lipinski definition) is 2. The summed E-state index contributed by atoms with van der Waals surface area (Å²) < 4.78 is 0. The summed E-state index contributed by atoms with van der Waals surface area (Å²) in [6.45, 7) is 1.80. The molecule has 0 bridgehead atoms. The third-order valence-electron chi connectivity index (χ3n) is 5.08. The normalized spacial score (nSPS) is 14.8. The van der Waals surface area contributed by atoms with E-state index in [1.165, 1.54) is 5.56 Å². The van der Waals surface area contributed by atoms with E-state index in [1.807, 2.05) is 29.2 Å². The van der Waals surface area contributed by atoms with Gasteiger partial charge in [-0.1, -0.05) is 60.1 Å². The summed E-state index contributed by atoms with van der Waals surface area (Å²) in [7, 11) is 0. The molecule has 142 valence electrons. The Hall–Kier alpha value is -2.33. The number of rotatable bonds is 6. The summed E-state index contributed by atoms with van der Waals surface area (Å²) in [4.78, 5) is 26.3. The minimum Gasteiger partial charge on any atom is -0.352 e. The summed E-state index contributed by atoms with van der Waals surface area (Å²) in [5, 5.41) is 3.40. The highest BCUT2D eigenvalue weighted by Gasteiger charge is 2.24. The van der Waals surface area contributed by atoms with E-state index in [1.54, 1.807) is 6.07 Å². The predicted molar refractivity (Wildman–Crippen MR) is 107 cm³/mol. The zero-order valence-corrected chi connectivity index (χ0v) is 16.1. The van der Waals surface area contributed by atoms with Crippen molar-refractivity contribution in [1.82, 2.24) is 10.2 Å². The van der Waals surface area contributed by atoms with Gasteiger partial charge in [-0.25, -0.2) is 0 Å². The number of carbonyl (C=O) groups is 2. The molecule has 2 amide bonds. The first kappa shape index (κ1) is 19.4. The lowest BCUT2D eigenvalue weighted by Gasteiger charge is -2.32. The van der Waals surface area contributed by atoms with E-state index in [0.717, 1.165) is 37.9 Å². The van der Waals surface area contributed by atoms with Crippen LogP contribution in [-0.4, -0.2) is 29.8 Å². The van der Waals surface area contributed by atoms with Crippen LogP contribution in [0, 0.1) is 5.92 Å². The minimum atomic E-state index is -0.258. The average molecular weight is 385 g/mol. The van der Waals surface area contributed by atoms with Crippen LogP contribution in [0.4, 0.5) is 0 Å². The molecule has 1 N–H and O–H groups in total. The Bertz CT molecular complexity index is 771. The monoisotopic (exact) mass is 384 g/mol. The van der Waals surface area contributed by atoms with Crippen molar-refractivity contribution in [3.05, 3.63) is 70.7 Å². The van der Waals surface area contributed by atoms with E-state index in [2.05, 4.69) is 29.6 Å². The van der Waals surface area contributed by atoms with Crippen molar-refractivity contribution in [1.29, 1.82) is 0 Å². The fraction of sp³-hybridized carbons (Fsp3) is 0.364. The second kappa shape index (κ2) is 9.56. The maximum Gasteiger partial charge on any atom is 0.232 e. The highest BCUT2D eigenvalue weighted by molar-refractivity contribution is 6.31. The molecule has 0 saturated carbocycles. The fourth-order valence-corrected chi connectivity index (χ4v) is 3.68. The first-order chi connectivity index (χ1) is 13.1. The van der Waals surface area contributed by atoms with E-state index < -0.39 is 0 Å². The summed E-state index contributed by atoms with van der Waals surface area (Å²) in [5.74, 6) is 0.252. The molecular formula is C22H25ClN2O2. The Labute approximate surface area is 165 Å². The Morgan fingerprint density at radius 1 is 1.00 bits per heavy atom. The van der Waals surface area contributed by atoms with E-state index in [0.29, 0.717) is 17.5 Å². The number of hydrogen-bond donors (Lipinski definition) is 1. The largest absolute Gasteiger partial charge is 0.352 e. The SMILES string of the molecule is O=C(CC(=O)N1CCC(Cc2ccccc2)CC1)NCc1ccccc1Cl. The first-order valence-corrected chi connectivity index (χ1v) is 9.81. The number of amides is 2. The fourth-order valence-electron chi connectivity index (χ4n) is 3.48. The summed E-state index contributed by atoms with van der Waals surface area (Å²) in [6.07, 6.45) is 2.93. The van der Waals surface area contributed by atoms with Gasteiger partial charge in [0.15, 0.2) is 0 Å². The van der Waals surface area contributed by atoms with Gasteiger partial charge in [0.25, 0.3) is 0 Å². The van der Waals surface area contributed by atoms with Gasteiger partial charge in [0, 0.05) is 24.7 Å². The lowest BCUT2D eigenvalue weighted by Crippen LogP contribution is -2.41. The Kier molecular flexibility index (Phi) is 6.88. The standard InChI is InChI=1S/C22H25ClN2O2/c23-20-9-5-4-8-19(20)16-24-21(26)15-22(27)25-12-10-18(11-13-25)14-17-6-2-1-3-7-17/h1-9,18H,10-16H2,(H,24,26). The van der Waals surface area contributed by atoms with Crippen molar-refractivity contribution in [2.24, 2.45) is 5.92 Å². The van der Waals surface area contributed by atoms with Crippen LogP contribution in [0.1, 0.15) is 30.4 Å². The highest BCUT2D eigenvalue weighted by atomic mass is 35.5. The number of halogens is 1. The second-order valence-corrected chi connectivity index (χ2v) is 7.47. The van der Waals surface area contributed by atoms with Crippen molar-refractivity contribution in [2.75, 3.05) is 13.1 Å². The maximum atomic E-state index is 12.4. The average Bonchev–Trinajstić information content (AvgIpc) is 2.69. The second-order valence-electron chi connectivity index (χ2n) is 7.06. The molecule has 0 aliphatic carbocycles. The van der Waals surface area contributed by atoms with Crippen molar-refractivity contribution in [3.63, 3.8) is 0 Å². The van der Waals surface area contributed by atoms with Gasteiger partial charge in [-0.15, -0.1) is 0 Å². The molecule has 0 radical (unpaired) electrons. The number of benzene rings is 2. The van der Waals surface area contributed by atoms with Crippen LogP contribution < -0.4 is 5.32 Å². The molecular weight excluding hydrogens is 360 g/mol. The van der Waals surface area contributed by atoms with Crippen LogP contribution in [0.3, 0.4) is 0 Å². The summed E-state index contributed by atoms with van der Waals surface area (Å²) in [6, 6.07) is 17.8. The lowest BCUT2D eigenvalue weighted by atomic mass is 9.90. The molecule has 27 heavy (non-hydrogen) atoms. The zero-order chi connectivity index (χ0) is 19.1. The summed E-state index contributed by atoms with van der Waals surface area (Å²) >= 11 is 6.08. The molecule has 1 aliphatic rings. The van der Waals surface area contributed by atoms with E-state index in [-0.39, 0.29) is 18.2 Å². The molecule has 2 aromatic rings. The molecule has 1 aliphatic heterocycles. The van der Waals surface area contributed by atoms with Crippen molar-refractivity contribution in [3.8, 4) is 0 Å².